The Kier molecular flexibility index (Phi) is 5.12. The van der Waals surface area contributed by atoms with Crippen molar-refractivity contribution in [3.8, 4) is 0 Å². The maximum absolute atomic E-state index is 5.93. The van der Waals surface area contributed by atoms with Gasteiger partial charge in [0, 0.05) is 21.7 Å². The molecule has 0 saturated carbocycles. The Morgan fingerprint density at radius 1 is 1.44 bits per heavy atom. The van der Waals surface area contributed by atoms with Crippen LogP contribution in [0.25, 0.3) is 0 Å². The van der Waals surface area contributed by atoms with Crippen molar-refractivity contribution in [2.75, 3.05) is 5.75 Å². The monoisotopic (exact) mass is 258 g/mol. The van der Waals surface area contributed by atoms with Crippen LogP contribution in [0.3, 0.4) is 0 Å². The summed E-state index contributed by atoms with van der Waals surface area (Å²) in [5.74, 6) is 6.49. The molecular weight excluding hydrogens is 240 g/mol. The molecule has 0 aliphatic rings. The van der Waals surface area contributed by atoms with Crippen molar-refractivity contribution >= 4 is 23.4 Å². The number of thioether (sulfide) groups is 1. The third-order valence-corrected chi connectivity index (χ3v) is 3.78. The lowest BCUT2D eigenvalue weighted by Gasteiger charge is -2.29. The molecule has 1 atom stereocenters. The first-order valence-corrected chi connectivity index (χ1v) is 6.64. The van der Waals surface area contributed by atoms with Crippen LogP contribution in [0.15, 0.2) is 29.2 Å². The Labute approximate surface area is 107 Å². The highest BCUT2D eigenvalue weighted by molar-refractivity contribution is 7.99. The number of hydrogen-bond acceptors (Lipinski definition) is 3. The highest BCUT2D eigenvalue weighted by atomic mass is 35.5. The SMILES string of the molecule is CC(C)(C)C(CSc1cccc(Cl)c1)NN. The quantitative estimate of drug-likeness (QED) is 0.494. The molecule has 1 aromatic rings. The van der Waals surface area contributed by atoms with E-state index in [1.807, 2.05) is 18.2 Å². The molecule has 0 aliphatic heterocycles. The number of benzene rings is 1. The Hall–Kier alpha value is -0.220. The van der Waals surface area contributed by atoms with Gasteiger partial charge < -0.3 is 0 Å². The van der Waals surface area contributed by atoms with E-state index in [1.165, 1.54) is 4.90 Å². The molecule has 0 bridgehead atoms. The van der Waals surface area contributed by atoms with E-state index in [4.69, 9.17) is 17.4 Å². The molecule has 0 radical (unpaired) electrons. The second-order valence-electron chi connectivity index (χ2n) is 4.85. The Balaban J connectivity index is 2.56. The van der Waals surface area contributed by atoms with Crippen LogP contribution in [0.4, 0.5) is 0 Å². The Morgan fingerprint density at radius 3 is 2.62 bits per heavy atom. The highest BCUT2D eigenvalue weighted by Crippen LogP contribution is 2.27. The van der Waals surface area contributed by atoms with Crippen LogP contribution in [0.2, 0.25) is 5.02 Å². The molecule has 4 heteroatoms. The fraction of sp³-hybridized carbons (Fsp3) is 0.500. The number of nitrogens with one attached hydrogen (secondary N) is 1. The number of halogens is 1. The molecule has 0 aromatic heterocycles. The van der Waals surface area contributed by atoms with Gasteiger partial charge in [0.05, 0.1) is 0 Å². The van der Waals surface area contributed by atoms with Crippen molar-refractivity contribution in [3.63, 3.8) is 0 Å². The van der Waals surface area contributed by atoms with Crippen LogP contribution in [0.1, 0.15) is 20.8 Å². The molecular formula is C12H19ClN2S. The molecule has 3 N–H and O–H groups in total. The molecule has 0 aliphatic carbocycles. The second-order valence-corrected chi connectivity index (χ2v) is 6.38. The summed E-state index contributed by atoms with van der Waals surface area (Å²) in [4.78, 5) is 1.18. The van der Waals surface area contributed by atoms with Crippen molar-refractivity contribution < 1.29 is 0 Å². The first kappa shape index (κ1) is 13.8. The number of nitrogens with two attached hydrogens (primary N) is 1. The summed E-state index contributed by atoms with van der Waals surface area (Å²) in [6.45, 7) is 6.53. The zero-order valence-corrected chi connectivity index (χ0v) is 11.5. The van der Waals surface area contributed by atoms with Gasteiger partial charge in [-0.2, -0.15) is 0 Å². The third kappa shape index (κ3) is 4.34. The Morgan fingerprint density at radius 2 is 2.12 bits per heavy atom. The van der Waals surface area contributed by atoms with Gasteiger partial charge in [-0.15, -0.1) is 11.8 Å². The lowest BCUT2D eigenvalue weighted by atomic mass is 9.88. The van der Waals surface area contributed by atoms with Gasteiger partial charge in [-0.25, -0.2) is 0 Å². The van der Waals surface area contributed by atoms with E-state index in [0.717, 1.165) is 10.8 Å². The zero-order valence-electron chi connectivity index (χ0n) is 9.96. The lowest BCUT2D eigenvalue weighted by molar-refractivity contribution is 0.294. The molecule has 16 heavy (non-hydrogen) atoms. The standard InChI is InChI=1S/C12H19ClN2S/c1-12(2,3)11(15-14)8-16-10-6-4-5-9(13)7-10/h4-7,11,15H,8,14H2,1-3H3. The largest absolute Gasteiger partial charge is 0.271 e. The van der Waals surface area contributed by atoms with Gasteiger partial charge in [0.25, 0.3) is 0 Å². The molecule has 0 heterocycles. The summed E-state index contributed by atoms with van der Waals surface area (Å²) >= 11 is 7.70. The average molecular weight is 259 g/mol. The minimum atomic E-state index is 0.153. The minimum absolute atomic E-state index is 0.153. The molecule has 1 rings (SSSR count). The van der Waals surface area contributed by atoms with Crippen molar-refractivity contribution in [3.05, 3.63) is 29.3 Å². The van der Waals surface area contributed by atoms with E-state index in [-0.39, 0.29) is 11.5 Å². The Bertz CT molecular complexity index is 336. The van der Waals surface area contributed by atoms with Crippen LogP contribution < -0.4 is 11.3 Å². The van der Waals surface area contributed by atoms with Gasteiger partial charge in [0.1, 0.15) is 0 Å². The van der Waals surface area contributed by atoms with Gasteiger partial charge in [-0.1, -0.05) is 38.4 Å². The molecule has 0 amide bonds. The second kappa shape index (κ2) is 5.92. The molecule has 90 valence electrons. The van der Waals surface area contributed by atoms with Gasteiger partial charge >= 0.3 is 0 Å². The van der Waals surface area contributed by atoms with Crippen LogP contribution in [-0.4, -0.2) is 11.8 Å². The summed E-state index contributed by atoms with van der Waals surface area (Å²) in [7, 11) is 0. The van der Waals surface area contributed by atoms with E-state index in [2.05, 4.69) is 32.3 Å². The first-order valence-electron chi connectivity index (χ1n) is 5.28. The summed E-state index contributed by atoms with van der Waals surface area (Å²) in [5, 5.41) is 0.776. The van der Waals surface area contributed by atoms with Crippen molar-refractivity contribution in [1.29, 1.82) is 0 Å². The maximum atomic E-state index is 5.93. The van der Waals surface area contributed by atoms with E-state index >= 15 is 0 Å². The summed E-state index contributed by atoms with van der Waals surface area (Å²) in [6.07, 6.45) is 0. The zero-order chi connectivity index (χ0) is 12.2. The number of hydrazine groups is 1. The predicted octanol–water partition coefficient (Wildman–Crippen LogP) is 3.31. The fourth-order valence-electron chi connectivity index (χ4n) is 1.28. The topological polar surface area (TPSA) is 38.0 Å². The predicted molar refractivity (Wildman–Crippen MR) is 72.7 cm³/mol. The van der Waals surface area contributed by atoms with Crippen LogP contribution in [0, 0.1) is 5.41 Å². The molecule has 2 nitrogen and oxygen atoms in total. The van der Waals surface area contributed by atoms with Gasteiger partial charge in [0.15, 0.2) is 0 Å². The molecule has 0 spiro atoms. The number of hydrogen-bond donors (Lipinski definition) is 2. The van der Waals surface area contributed by atoms with Crippen LogP contribution in [-0.2, 0) is 0 Å². The average Bonchev–Trinajstić information content (AvgIpc) is 2.16. The van der Waals surface area contributed by atoms with Crippen molar-refractivity contribution in [1.82, 2.24) is 5.43 Å². The summed E-state index contributed by atoms with van der Waals surface area (Å²) in [5.41, 5.74) is 3.03. The smallest absolute Gasteiger partial charge is 0.0417 e. The van der Waals surface area contributed by atoms with E-state index < -0.39 is 0 Å². The van der Waals surface area contributed by atoms with E-state index in [9.17, 15) is 0 Å². The molecule has 0 saturated heterocycles. The summed E-state index contributed by atoms with van der Waals surface area (Å²) in [6, 6.07) is 8.16. The van der Waals surface area contributed by atoms with Crippen LogP contribution >= 0.6 is 23.4 Å². The minimum Gasteiger partial charge on any atom is -0.271 e. The normalized spacial score (nSPS) is 13.8. The molecule has 0 fully saturated rings. The lowest BCUT2D eigenvalue weighted by Crippen LogP contribution is -2.46. The van der Waals surface area contributed by atoms with Gasteiger partial charge in [-0.05, 0) is 23.6 Å². The third-order valence-electron chi connectivity index (χ3n) is 2.46. The fourth-order valence-corrected chi connectivity index (χ4v) is 2.88. The first-order chi connectivity index (χ1) is 7.43. The van der Waals surface area contributed by atoms with E-state index in [1.54, 1.807) is 11.8 Å². The summed E-state index contributed by atoms with van der Waals surface area (Å²) < 4.78 is 0. The van der Waals surface area contributed by atoms with Crippen molar-refractivity contribution in [2.45, 2.75) is 31.7 Å². The highest BCUT2D eigenvalue weighted by Gasteiger charge is 2.23. The van der Waals surface area contributed by atoms with Crippen LogP contribution in [0.5, 0.6) is 0 Å². The van der Waals surface area contributed by atoms with Crippen molar-refractivity contribution in [2.24, 2.45) is 11.3 Å². The molecule has 1 aromatic carbocycles. The van der Waals surface area contributed by atoms with Gasteiger partial charge in [-0.3, -0.25) is 11.3 Å². The number of rotatable bonds is 4. The van der Waals surface area contributed by atoms with E-state index in [0.29, 0.717) is 0 Å². The van der Waals surface area contributed by atoms with Gasteiger partial charge in [0.2, 0.25) is 0 Å². The maximum Gasteiger partial charge on any atom is 0.0417 e. The molecule has 1 unspecified atom stereocenters.